The molecule has 2 atom stereocenters. The van der Waals surface area contributed by atoms with E-state index >= 15 is 0 Å². The highest BCUT2D eigenvalue weighted by Crippen LogP contribution is 2.22. The molecule has 0 spiro atoms. The fourth-order valence-electron chi connectivity index (χ4n) is 1.80. The van der Waals surface area contributed by atoms with E-state index in [1.165, 1.54) is 0 Å². The molecule has 0 fully saturated rings. The fraction of sp³-hybridized carbons (Fsp3) is 0.538. The van der Waals surface area contributed by atoms with Crippen molar-refractivity contribution in [1.29, 1.82) is 0 Å². The van der Waals surface area contributed by atoms with Crippen LogP contribution in [0, 0.1) is 17.7 Å². The zero-order chi connectivity index (χ0) is 13.0. The van der Waals surface area contributed by atoms with Gasteiger partial charge in [-0.25, -0.2) is 4.39 Å². The van der Waals surface area contributed by atoms with Gasteiger partial charge in [0.2, 0.25) is 0 Å². The third-order valence-corrected chi connectivity index (χ3v) is 3.66. The van der Waals surface area contributed by atoms with Gasteiger partial charge in [0.05, 0.1) is 5.02 Å². The summed E-state index contributed by atoms with van der Waals surface area (Å²) in [4.78, 5) is 0. The summed E-state index contributed by atoms with van der Waals surface area (Å²) in [5.74, 6) is 6.04. The van der Waals surface area contributed by atoms with Gasteiger partial charge in [-0.2, -0.15) is 0 Å². The average molecular weight is 259 g/mol. The van der Waals surface area contributed by atoms with Gasteiger partial charge < -0.3 is 0 Å². The molecule has 17 heavy (non-hydrogen) atoms. The number of hydrogen-bond donors (Lipinski definition) is 2. The van der Waals surface area contributed by atoms with Gasteiger partial charge in [-0.1, -0.05) is 44.5 Å². The van der Waals surface area contributed by atoms with Crippen LogP contribution in [-0.2, 0) is 6.42 Å². The molecule has 0 saturated heterocycles. The molecule has 0 aromatic heterocycles. The highest BCUT2D eigenvalue weighted by atomic mass is 35.5. The van der Waals surface area contributed by atoms with E-state index in [9.17, 15) is 4.39 Å². The molecule has 1 rings (SSSR count). The lowest BCUT2D eigenvalue weighted by molar-refractivity contribution is 0.297. The number of nitrogens with one attached hydrogen (secondary N) is 1. The second-order valence-electron chi connectivity index (χ2n) is 4.79. The monoisotopic (exact) mass is 258 g/mol. The van der Waals surface area contributed by atoms with Crippen LogP contribution in [0.5, 0.6) is 0 Å². The highest BCUT2D eigenvalue weighted by molar-refractivity contribution is 6.30. The number of nitrogens with two attached hydrogens (primary N) is 1. The maximum absolute atomic E-state index is 13.8. The molecule has 2 unspecified atom stereocenters. The number of halogens is 2. The quantitative estimate of drug-likeness (QED) is 0.629. The summed E-state index contributed by atoms with van der Waals surface area (Å²) in [6.07, 6.45) is 0.544. The Morgan fingerprint density at radius 2 is 2.00 bits per heavy atom. The number of benzene rings is 1. The molecular formula is C13H20ClFN2. The van der Waals surface area contributed by atoms with E-state index in [1.807, 2.05) is 0 Å². The smallest absolute Gasteiger partial charge is 0.145 e. The number of hydrogen-bond acceptors (Lipinski definition) is 2. The molecule has 0 radical (unpaired) electrons. The lowest BCUT2D eigenvalue weighted by atomic mass is 9.87. The third-order valence-electron chi connectivity index (χ3n) is 3.37. The van der Waals surface area contributed by atoms with Crippen molar-refractivity contribution < 1.29 is 4.39 Å². The lowest BCUT2D eigenvalue weighted by Gasteiger charge is -2.26. The van der Waals surface area contributed by atoms with E-state index in [0.29, 0.717) is 23.8 Å². The SMILES string of the molecule is CC(C)C(C)C(Cc1cccc(Cl)c1F)NN. The minimum absolute atomic E-state index is 0.0444. The summed E-state index contributed by atoms with van der Waals surface area (Å²) in [6.45, 7) is 6.37. The minimum atomic E-state index is -0.342. The van der Waals surface area contributed by atoms with Crippen LogP contribution in [0.25, 0.3) is 0 Å². The van der Waals surface area contributed by atoms with E-state index in [2.05, 4.69) is 26.2 Å². The second kappa shape index (κ2) is 6.34. The Balaban J connectivity index is 2.84. The molecule has 0 aliphatic carbocycles. The second-order valence-corrected chi connectivity index (χ2v) is 5.20. The molecule has 4 heteroatoms. The van der Waals surface area contributed by atoms with Gasteiger partial charge in [0.25, 0.3) is 0 Å². The Kier molecular flexibility index (Phi) is 5.37. The predicted molar refractivity (Wildman–Crippen MR) is 70.2 cm³/mol. The standard InChI is InChI=1S/C13H20ClFN2/c1-8(2)9(3)12(17-16)7-10-5-4-6-11(14)13(10)15/h4-6,8-9,12,17H,7,16H2,1-3H3. The Hall–Kier alpha value is -0.640. The first-order valence-electron chi connectivity index (χ1n) is 5.86. The molecule has 0 saturated carbocycles. The minimum Gasteiger partial charge on any atom is -0.271 e. The van der Waals surface area contributed by atoms with Crippen molar-refractivity contribution in [3.8, 4) is 0 Å². The van der Waals surface area contributed by atoms with Crippen LogP contribution in [0.1, 0.15) is 26.3 Å². The highest BCUT2D eigenvalue weighted by Gasteiger charge is 2.21. The van der Waals surface area contributed by atoms with Crippen LogP contribution in [0.4, 0.5) is 4.39 Å². The van der Waals surface area contributed by atoms with E-state index in [0.717, 1.165) is 0 Å². The first kappa shape index (κ1) is 14.4. The molecule has 0 aliphatic rings. The van der Waals surface area contributed by atoms with Crippen molar-refractivity contribution in [2.75, 3.05) is 0 Å². The summed E-state index contributed by atoms with van der Waals surface area (Å²) in [5.41, 5.74) is 3.37. The van der Waals surface area contributed by atoms with Crippen LogP contribution in [0.3, 0.4) is 0 Å². The Morgan fingerprint density at radius 3 is 2.53 bits per heavy atom. The normalized spacial score (nSPS) is 15.0. The van der Waals surface area contributed by atoms with Crippen molar-refractivity contribution in [2.24, 2.45) is 17.7 Å². The van der Waals surface area contributed by atoms with E-state index in [1.54, 1.807) is 18.2 Å². The number of hydrazine groups is 1. The van der Waals surface area contributed by atoms with Gasteiger partial charge in [-0.15, -0.1) is 0 Å². The molecule has 96 valence electrons. The van der Waals surface area contributed by atoms with Gasteiger partial charge in [0.15, 0.2) is 0 Å². The first-order chi connectivity index (χ1) is 7.97. The van der Waals surface area contributed by atoms with E-state index < -0.39 is 0 Å². The molecule has 0 bridgehead atoms. The summed E-state index contributed by atoms with van der Waals surface area (Å²) in [7, 11) is 0. The topological polar surface area (TPSA) is 38.0 Å². The Labute approximate surface area is 107 Å². The van der Waals surface area contributed by atoms with Gasteiger partial charge >= 0.3 is 0 Å². The molecule has 0 amide bonds. The van der Waals surface area contributed by atoms with Crippen molar-refractivity contribution in [3.63, 3.8) is 0 Å². The van der Waals surface area contributed by atoms with Crippen LogP contribution in [0.15, 0.2) is 18.2 Å². The predicted octanol–water partition coefficient (Wildman–Crippen LogP) is 3.15. The van der Waals surface area contributed by atoms with Crippen LogP contribution in [0.2, 0.25) is 5.02 Å². The van der Waals surface area contributed by atoms with E-state index in [-0.39, 0.29) is 16.9 Å². The summed E-state index contributed by atoms with van der Waals surface area (Å²) in [6, 6.07) is 5.10. The summed E-state index contributed by atoms with van der Waals surface area (Å²) >= 11 is 5.76. The van der Waals surface area contributed by atoms with Gasteiger partial charge in [0, 0.05) is 6.04 Å². The zero-order valence-corrected chi connectivity index (χ0v) is 11.3. The van der Waals surface area contributed by atoms with Gasteiger partial charge in [-0.3, -0.25) is 11.3 Å². The zero-order valence-electron chi connectivity index (χ0n) is 10.5. The average Bonchev–Trinajstić information content (AvgIpc) is 2.30. The summed E-state index contributed by atoms with van der Waals surface area (Å²) < 4.78 is 13.8. The van der Waals surface area contributed by atoms with Crippen LogP contribution >= 0.6 is 11.6 Å². The largest absolute Gasteiger partial charge is 0.271 e. The first-order valence-corrected chi connectivity index (χ1v) is 6.24. The summed E-state index contributed by atoms with van der Waals surface area (Å²) in [5, 5.41) is 0.162. The third kappa shape index (κ3) is 3.66. The Morgan fingerprint density at radius 1 is 1.35 bits per heavy atom. The molecule has 0 aliphatic heterocycles. The maximum atomic E-state index is 13.8. The molecule has 1 aromatic rings. The van der Waals surface area contributed by atoms with E-state index in [4.69, 9.17) is 17.4 Å². The van der Waals surface area contributed by atoms with Gasteiger partial charge in [-0.05, 0) is 29.9 Å². The van der Waals surface area contributed by atoms with Gasteiger partial charge in [0.1, 0.15) is 5.82 Å². The molecule has 3 N–H and O–H groups in total. The van der Waals surface area contributed by atoms with Crippen molar-refractivity contribution in [3.05, 3.63) is 34.6 Å². The van der Waals surface area contributed by atoms with Crippen molar-refractivity contribution >= 4 is 11.6 Å². The molecule has 1 aromatic carbocycles. The molecule has 2 nitrogen and oxygen atoms in total. The number of rotatable bonds is 5. The van der Waals surface area contributed by atoms with Crippen molar-refractivity contribution in [1.82, 2.24) is 5.43 Å². The van der Waals surface area contributed by atoms with Crippen molar-refractivity contribution in [2.45, 2.75) is 33.2 Å². The lowest BCUT2D eigenvalue weighted by Crippen LogP contribution is -2.43. The fourth-order valence-corrected chi connectivity index (χ4v) is 2.00. The Bertz CT molecular complexity index is 368. The molecular weight excluding hydrogens is 239 g/mol. The van der Waals surface area contributed by atoms with Crippen LogP contribution in [-0.4, -0.2) is 6.04 Å². The molecule has 0 heterocycles. The van der Waals surface area contributed by atoms with Crippen LogP contribution < -0.4 is 11.3 Å². The maximum Gasteiger partial charge on any atom is 0.145 e.